The number of benzene rings is 1. The maximum Gasteiger partial charge on any atom is 0.260 e. The van der Waals surface area contributed by atoms with Gasteiger partial charge >= 0.3 is 0 Å². The number of aryl methyl sites for hydroxylation is 1. The summed E-state index contributed by atoms with van der Waals surface area (Å²) in [7, 11) is 0. The van der Waals surface area contributed by atoms with Gasteiger partial charge in [-0.3, -0.25) is 4.79 Å². The molecule has 4 heteroatoms. The van der Waals surface area contributed by atoms with Crippen LogP contribution in [0.1, 0.15) is 38.3 Å². The van der Waals surface area contributed by atoms with E-state index in [4.69, 9.17) is 10.5 Å². The zero-order chi connectivity index (χ0) is 14.4. The lowest BCUT2D eigenvalue weighted by Gasteiger charge is -2.20. The van der Waals surface area contributed by atoms with E-state index in [-0.39, 0.29) is 11.9 Å². The molecule has 106 valence electrons. The van der Waals surface area contributed by atoms with E-state index in [0.717, 1.165) is 23.3 Å². The lowest BCUT2D eigenvalue weighted by molar-refractivity contribution is -0.127. The summed E-state index contributed by atoms with van der Waals surface area (Å²) in [5.74, 6) is 0.623. The number of hydrogen-bond donors (Lipinski definition) is 2. The van der Waals surface area contributed by atoms with Crippen molar-refractivity contribution < 1.29 is 9.53 Å². The van der Waals surface area contributed by atoms with E-state index in [1.54, 1.807) is 6.92 Å². The molecule has 0 saturated heterocycles. The quantitative estimate of drug-likeness (QED) is 0.827. The molecule has 1 aromatic rings. The first kappa shape index (κ1) is 15.5. The van der Waals surface area contributed by atoms with Crippen molar-refractivity contribution in [2.75, 3.05) is 0 Å². The van der Waals surface area contributed by atoms with E-state index in [9.17, 15) is 4.79 Å². The van der Waals surface area contributed by atoms with Crippen molar-refractivity contribution in [2.45, 2.75) is 52.8 Å². The van der Waals surface area contributed by atoms with Gasteiger partial charge in [-0.05, 0) is 32.8 Å². The van der Waals surface area contributed by atoms with Gasteiger partial charge in [0.2, 0.25) is 0 Å². The first-order chi connectivity index (χ1) is 8.99. The molecule has 4 nitrogen and oxygen atoms in total. The average molecular weight is 264 g/mol. The van der Waals surface area contributed by atoms with Crippen LogP contribution in [0.15, 0.2) is 18.2 Å². The number of ether oxygens (including phenoxy) is 1. The minimum atomic E-state index is -0.527. The molecule has 0 saturated carbocycles. The van der Waals surface area contributed by atoms with Crippen LogP contribution in [0.4, 0.5) is 0 Å². The van der Waals surface area contributed by atoms with Gasteiger partial charge in [0.05, 0.1) is 0 Å². The second-order valence-electron chi connectivity index (χ2n) is 4.85. The molecule has 1 amide bonds. The van der Waals surface area contributed by atoms with Crippen LogP contribution in [0.25, 0.3) is 0 Å². The Labute approximate surface area is 115 Å². The van der Waals surface area contributed by atoms with Crippen LogP contribution in [0.5, 0.6) is 5.75 Å². The molecule has 0 spiro atoms. The van der Waals surface area contributed by atoms with Gasteiger partial charge in [-0.1, -0.05) is 25.1 Å². The van der Waals surface area contributed by atoms with Gasteiger partial charge in [-0.25, -0.2) is 0 Å². The molecule has 0 radical (unpaired) electrons. The maximum absolute atomic E-state index is 12.0. The minimum Gasteiger partial charge on any atom is -0.480 e. The average Bonchev–Trinajstić information content (AvgIpc) is 2.40. The van der Waals surface area contributed by atoms with Gasteiger partial charge < -0.3 is 15.8 Å². The first-order valence-electron chi connectivity index (χ1n) is 6.75. The highest BCUT2D eigenvalue weighted by Crippen LogP contribution is 2.24. The Bertz CT molecular complexity index is 432. The molecule has 19 heavy (non-hydrogen) atoms. The van der Waals surface area contributed by atoms with Crippen LogP contribution in [0, 0.1) is 6.92 Å². The van der Waals surface area contributed by atoms with Crippen molar-refractivity contribution in [1.82, 2.24) is 5.32 Å². The van der Waals surface area contributed by atoms with Crippen LogP contribution in [0.3, 0.4) is 0 Å². The minimum absolute atomic E-state index is 0.0967. The van der Waals surface area contributed by atoms with Crippen LogP contribution in [-0.2, 0) is 11.3 Å². The predicted octanol–water partition coefficient (Wildman–Crippen LogP) is 2.14. The second-order valence-corrected chi connectivity index (χ2v) is 4.85. The van der Waals surface area contributed by atoms with E-state index in [1.807, 2.05) is 39.0 Å². The molecule has 0 aliphatic carbocycles. The Morgan fingerprint density at radius 1 is 1.42 bits per heavy atom. The fourth-order valence-electron chi connectivity index (χ4n) is 1.74. The van der Waals surface area contributed by atoms with Gasteiger partial charge in [-0.2, -0.15) is 0 Å². The topological polar surface area (TPSA) is 64.3 Å². The third-order valence-electron chi connectivity index (χ3n) is 3.18. The molecule has 0 aliphatic heterocycles. The first-order valence-corrected chi connectivity index (χ1v) is 6.75. The predicted molar refractivity (Wildman–Crippen MR) is 77.1 cm³/mol. The summed E-state index contributed by atoms with van der Waals surface area (Å²) in [6, 6.07) is 5.97. The number of amides is 1. The van der Waals surface area contributed by atoms with Gasteiger partial charge in [-0.15, -0.1) is 0 Å². The number of carbonyl (C=O) groups is 1. The lowest BCUT2D eigenvalue weighted by atomic mass is 10.1. The highest BCUT2D eigenvalue weighted by atomic mass is 16.5. The van der Waals surface area contributed by atoms with Gasteiger partial charge in [0, 0.05) is 18.2 Å². The van der Waals surface area contributed by atoms with Gasteiger partial charge in [0.25, 0.3) is 5.91 Å². The number of hydrogen-bond acceptors (Lipinski definition) is 3. The Morgan fingerprint density at radius 2 is 2.11 bits per heavy atom. The van der Waals surface area contributed by atoms with E-state index < -0.39 is 6.10 Å². The number of rotatable bonds is 6. The molecule has 1 aromatic carbocycles. The summed E-state index contributed by atoms with van der Waals surface area (Å²) < 4.78 is 5.78. The molecule has 0 aliphatic rings. The Balaban J connectivity index is 2.76. The largest absolute Gasteiger partial charge is 0.480 e. The maximum atomic E-state index is 12.0. The molecule has 2 unspecified atom stereocenters. The fourth-order valence-corrected chi connectivity index (χ4v) is 1.74. The van der Waals surface area contributed by atoms with E-state index >= 15 is 0 Å². The van der Waals surface area contributed by atoms with E-state index in [2.05, 4.69) is 5.32 Å². The standard InChI is InChI=1S/C15H24N2O2/c1-5-11(3)17-15(18)12(4)19-14-10(2)7-6-8-13(14)9-16/h6-8,11-12H,5,9,16H2,1-4H3,(H,17,18). The molecule has 1 rings (SSSR count). The van der Waals surface area contributed by atoms with Gasteiger partial charge in [0.15, 0.2) is 6.10 Å². The molecule has 0 fully saturated rings. The second kappa shape index (κ2) is 7.14. The third kappa shape index (κ3) is 4.24. The number of para-hydroxylation sites is 1. The van der Waals surface area contributed by atoms with Crippen molar-refractivity contribution in [3.63, 3.8) is 0 Å². The number of nitrogens with two attached hydrogens (primary N) is 1. The SMILES string of the molecule is CCC(C)NC(=O)C(C)Oc1c(C)cccc1CN. The monoisotopic (exact) mass is 264 g/mol. The molecule has 3 N–H and O–H groups in total. The Morgan fingerprint density at radius 3 is 2.68 bits per heavy atom. The lowest BCUT2D eigenvalue weighted by Crippen LogP contribution is -2.41. The highest BCUT2D eigenvalue weighted by Gasteiger charge is 2.18. The normalized spacial score (nSPS) is 13.7. The number of carbonyl (C=O) groups excluding carboxylic acids is 1. The zero-order valence-corrected chi connectivity index (χ0v) is 12.2. The van der Waals surface area contributed by atoms with E-state index in [0.29, 0.717) is 6.54 Å². The van der Waals surface area contributed by atoms with Crippen LogP contribution < -0.4 is 15.8 Å². The smallest absolute Gasteiger partial charge is 0.260 e. The van der Waals surface area contributed by atoms with Crippen molar-refractivity contribution in [3.8, 4) is 5.75 Å². The molecule has 0 heterocycles. The molecule has 0 bridgehead atoms. The van der Waals surface area contributed by atoms with Crippen LogP contribution in [-0.4, -0.2) is 18.1 Å². The molecular weight excluding hydrogens is 240 g/mol. The van der Waals surface area contributed by atoms with Crippen LogP contribution in [0.2, 0.25) is 0 Å². The zero-order valence-electron chi connectivity index (χ0n) is 12.2. The fraction of sp³-hybridized carbons (Fsp3) is 0.533. The molecule has 0 aromatic heterocycles. The summed E-state index contributed by atoms with van der Waals surface area (Å²) in [5.41, 5.74) is 7.60. The van der Waals surface area contributed by atoms with Crippen LogP contribution >= 0.6 is 0 Å². The summed E-state index contributed by atoms with van der Waals surface area (Å²) in [5, 5.41) is 2.91. The third-order valence-corrected chi connectivity index (χ3v) is 3.18. The Hall–Kier alpha value is -1.55. The molecule has 2 atom stereocenters. The van der Waals surface area contributed by atoms with Crippen molar-refractivity contribution in [2.24, 2.45) is 5.73 Å². The van der Waals surface area contributed by atoms with Gasteiger partial charge in [0.1, 0.15) is 5.75 Å². The number of nitrogens with one attached hydrogen (secondary N) is 1. The Kier molecular flexibility index (Phi) is 5.83. The summed E-state index contributed by atoms with van der Waals surface area (Å²) in [6.07, 6.45) is 0.372. The molecular formula is C15H24N2O2. The summed E-state index contributed by atoms with van der Waals surface area (Å²) in [4.78, 5) is 12.0. The highest BCUT2D eigenvalue weighted by molar-refractivity contribution is 5.81. The van der Waals surface area contributed by atoms with Crippen molar-refractivity contribution in [3.05, 3.63) is 29.3 Å². The van der Waals surface area contributed by atoms with Crippen molar-refractivity contribution >= 4 is 5.91 Å². The summed E-state index contributed by atoms with van der Waals surface area (Å²) in [6.45, 7) is 8.11. The summed E-state index contributed by atoms with van der Waals surface area (Å²) >= 11 is 0. The van der Waals surface area contributed by atoms with E-state index in [1.165, 1.54) is 0 Å². The van der Waals surface area contributed by atoms with Crippen molar-refractivity contribution in [1.29, 1.82) is 0 Å².